The van der Waals surface area contributed by atoms with Gasteiger partial charge in [-0.2, -0.15) is 4.98 Å². The second-order valence-electron chi connectivity index (χ2n) is 7.02. The smallest absolute Gasteiger partial charge is 0.258 e. The van der Waals surface area contributed by atoms with E-state index in [2.05, 4.69) is 15.5 Å². The number of halogens is 1. The zero-order valence-corrected chi connectivity index (χ0v) is 17.9. The van der Waals surface area contributed by atoms with Crippen LogP contribution < -0.4 is 14.8 Å². The quantitative estimate of drug-likeness (QED) is 0.488. The summed E-state index contributed by atoms with van der Waals surface area (Å²) in [4.78, 5) is 4.53. The van der Waals surface area contributed by atoms with Gasteiger partial charge in [-0.05, 0) is 82.7 Å². The molecule has 29 heavy (non-hydrogen) atoms. The Bertz CT molecular complexity index is 956. The highest BCUT2D eigenvalue weighted by molar-refractivity contribution is 6.32. The first-order chi connectivity index (χ1) is 14.0. The lowest BCUT2D eigenvalue weighted by atomic mass is 10.1. The second kappa shape index (κ2) is 9.76. The van der Waals surface area contributed by atoms with Gasteiger partial charge >= 0.3 is 0 Å². The zero-order valence-electron chi connectivity index (χ0n) is 17.2. The van der Waals surface area contributed by atoms with Crippen LogP contribution in [0.5, 0.6) is 11.5 Å². The maximum Gasteiger partial charge on any atom is 0.258 e. The molecule has 0 aliphatic rings. The molecule has 154 valence electrons. The van der Waals surface area contributed by atoms with Crippen molar-refractivity contribution in [3.8, 4) is 34.3 Å². The summed E-state index contributed by atoms with van der Waals surface area (Å²) < 4.78 is 16.9. The van der Waals surface area contributed by atoms with E-state index in [9.17, 15) is 0 Å². The summed E-state index contributed by atoms with van der Waals surface area (Å²) in [5.41, 5.74) is 2.66. The number of rotatable bonds is 9. The molecule has 0 atom stereocenters. The molecule has 3 aromatic rings. The normalized spacial score (nSPS) is 11.1. The summed E-state index contributed by atoms with van der Waals surface area (Å²) in [6.07, 6.45) is 1.00. The van der Waals surface area contributed by atoms with E-state index >= 15 is 0 Å². The van der Waals surface area contributed by atoms with Gasteiger partial charge in [-0.25, -0.2) is 0 Å². The van der Waals surface area contributed by atoms with Crippen molar-refractivity contribution in [1.29, 1.82) is 0 Å². The van der Waals surface area contributed by atoms with Crippen LogP contribution in [0.3, 0.4) is 0 Å². The number of nitrogens with zero attached hydrogens (tertiary/aromatic N) is 2. The lowest BCUT2D eigenvalue weighted by Gasteiger charge is -2.11. The first-order valence-corrected chi connectivity index (χ1v) is 10.0. The van der Waals surface area contributed by atoms with Gasteiger partial charge in [0.2, 0.25) is 5.82 Å². The molecule has 0 aliphatic heterocycles. The molecular formula is C22H26ClN3O3. The highest BCUT2D eigenvalue weighted by Crippen LogP contribution is 2.32. The summed E-state index contributed by atoms with van der Waals surface area (Å²) in [6.45, 7) is 7.51. The molecule has 7 heteroatoms. The lowest BCUT2D eigenvalue weighted by Crippen LogP contribution is -2.11. The van der Waals surface area contributed by atoms with Crippen LogP contribution in [0.15, 0.2) is 40.9 Å². The van der Waals surface area contributed by atoms with Crippen LogP contribution in [-0.4, -0.2) is 36.4 Å². The third kappa shape index (κ3) is 5.49. The Morgan fingerprint density at radius 1 is 1.17 bits per heavy atom. The van der Waals surface area contributed by atoms with E-state index in [0.29, 0.717) is 29.1 Å². The van der Waals surface area contributed by atoms with Gasteiger partial charge in [-0.15, -0.1) is 0 Å². The zero-order chi connectivity index (χ0) is 20.8. The van der Waals surface area contributed by atoms with Crippen molar-refractivity contribution in [2.75, 3.05) is 20.2 Å². The van der Waals surface area contributed by atoms with E-state index in [4.69, 9.17) is 25.6 Å². The summed E-state index contributed by atoms with van der Waals surface area (Å²) in [7, 11) is 1.93. The molecule has 0 saturated carbocycles. The van der Waals surface area contributed by atoms with Crippen molar-refractivity contribution < 1.29 is 14.0 Å². The Morgan fingerprint density at radius 3 is 2.69 bits per heavy atom. The van der Waals surface area contributed by atoms with Crippen LogP contribution >= 0.6 is 11.6 Å². The summed E-state index contributed by atoms with van der Waals surface area (Å²) in [5, 5.41) is 7.74. The molecule has 0 fully saturated rings. The fraction of sp³-hybridized carbons (Fsp3) is 0.364. The molecule has 0 spiro atoms. The molecule has 1 N–H and O–H groups in total. The van der Waals surface area contributed by atoms with E-state index in [1.165, 1.54) is 0 Å². The van der Waals surface area contributed by atoms with E-state index in [-0.39, 0.29) is 6.10 Å². The molecular weight excluding hydrogens is 390 g/mol. The summed E-state index contributed by atoms with van der Waals surface area (Å²) in [6, 6.07) is 11.3. The van der Waals surface area contributed by atoms with Crippen LogP contribution in [0.2, 0.25) is 5.02 Å². The Labute approximate surface area is 176 Å². The average Bonchev–Trinajstić information content (AvgIpc) is 3.16. The monoisotopic (exact) mass is 415 g/mol. The predicted molar refractivity (Wildman–Crippen MR) is 115 cm³/mol. The fourth-order valence-corrected chi connectivity index (χ4v) is 3.07. The topological polar surface area (TPSA) is 69.4 Å². The maximum absolute atomic E-state index is 6.32. The van der Waals surface area contributed by atoms with Crippen molar-refractivity contribution >= 4 is 11.6 Å². The third-order valence-corrected chi connectivity index (χ3v) is 4.54. The third-order valence-electron chi connectivity index (χ3n) is 4.25. The lowest BCUT2D eigenvalue weighted by molar-refractivity contribution is 0.242. The van der Waals surface area contributed by atoms with Gasteiger partial charge in [0.25, 0.3) is 5.89 Å². The van der Waals surface area contributed by atoms with Crippen LogP contribution in [0.1, 0.15) is 25.8 Å². The number of hydrogen-bond donors (Lipinski definition) is 1. The molecule has 2 aromatic carbocycles. The molecule has 0 unspecified atom stereocenters. The Hall–Kier alpha value is -2.57. The van der Waals surface area contributed by atoms with Gasteiger partial charge in [-0.1, -0.05) is 16.8 Å². The Balaban J connectivity index is 1.75. The van der Waals surface area contributed by atoms with E-state index in [1.54, 1.807) is 6.07 Å². The molecule has 0 aliphatic carbocycles. The summed E-state index contributed by atoms with van der Waals surface area (Å²) in [5.74, 6) is 2.40. The van der Waals surface area contributed by atoms with Crippen molar-refractivity contribution in [1.82, 2.24) is 15.5 Å². The molecule has 6 nitrogen and oxygen atoms in total. The molecule has 0 saturated heterocycles. The SMILES string of the molecule is CNCCCOc1ccc(-c2noc(-c3ccc(OC(C)C)c(Cl)c3)n2)c(C)c1. The Kier molecular flexibility index (Phi) is 7.12. The van der Waals surface area contributed by atoms with Crippen LogP contribution in [0.25, 0.3) is 22.8 Å². The molecule has 0 radical (unpaired) electrons. The van der Waals surface area contributed by atoms with E-state index in [1.807, 2.05) is 58.2 Å². The standard InChI is InChI=1S/C22H26ClN3O3/c1-14(2)28-20-9-6-16(13-19(20)23)22-25-21(26-29-22)18-8-7-17(12-15(18)3)27-11-5-10-24-4/h6-9,12-14,24H,5,10-11H2,1-4H3. The highest BCUT2D eigenvalue weighted by Gasteiger charge is 2.15. The Morgan fingerprint density at radius 2 is 2.00 bits per heavy atom. The second-order valence-corrected chi connectivity index (χ2v) is 7.42. The van der Waals surface area contributed by atoms with Crippen molar-refractivity contribution in [2.24, 2.45) is 0 Å². The number of ether oxygens (including phenoxy) is 2. The van der Waals surface area contributed by atoms with Gasteiger partial charge < -0.3 is 19.3 Å². The van der Waals surface area contributed by atoms with Crippen LogP contribution in [0.4, 0.5) is 0 Å². The first-order valence-electron chi connectivity index (χ1n) is 9.66. The number of hydrogen-bond acceptors (Lipinski definition) is 6. The maximum atomic E-state index is 6.32. The molecule has 1 heterocycles. The fourth-order valence-electron chi connectivity index (χ4n) is 2.85. The minimum atomic E-state index is 0.0478. The van der Waals surface area contributed by atoms with Gasteiger partial charge in [-0.3, -0.25) is 0 Å². The van der Waals surface area contributed by atoms with Crippen molar-refractivity contribution in [3.05, 3.63) is 47.0 Å². The predicted octanol–water partition coefficient (Wildman–Crippen LogP) is 5.14. The van der Waals surface area contributed by atoms with Gasteiger partial charge in [0.05, 0.1) is 17.7 Å². The molecule has 0 bridgehead atoms. The minimum Gasteiger partial charge on any atom is -0.494 e. The van der Waals surface area contributed by atoms with Gasteiger partial charge in [0, 0.05) is 11.1 Å². The minimum absolute atomic E-state index is 0.0478. The van der Waals surface area contributed by atoms with Gasteiger partial charge in [0.1, 0.15) is 11.5 Å². The molecule has 1 aromatic heterocycles. The summed E-state index contributed by atoms with van der Waals surface area (Å²) >= 11 is 6.32. The van der Waals surface area contributed by atoms with Crippen LogP contribution in [0, 0.1) is 6.92 Å². The van der Waals surface area contributed by atoms with Crippen LogP contribution in [-0.2, 0) is 0 Å². The number of aryl methyl sites for hydroxylation is 1. The largest absolute Gasteiger partial charge is 0.494 e. The number of nitrogens with one attached hydrogen (secondary N) is 1. The van der Waals surface area contributed by atoms with E-state index in [0.717, 1.165) is 35.4 Å². The first kappa shape index (κ1) is 21.1. The average molecular weight is 416 g/mol. The van der Waals surface area contributed by atoms with E-state index < -0.39 is 0 Å². The molecule has 3 rings (SSSR count). The van der Waals surface area contributed by atoms with Crippen molar-refractivity contribution in [2.45, 2.75) is 33.3 Å². The van der Waals surface area contributed by atoms with Gasteiger partial charge in [0.15, 0.2) is 0 Å². The van der Waals surface area contributed by atoms with Crippen molar-refractivity contribution in [3.63, 3.8) is 0 Å². The highest BCUT2D eigenvalue weighted by atomic mass is 35.5. The number of benzene rings is 2. The number of aromatic nitrogens is 2. The molecule has 0 amide bonds.